The minimum absolute atomic E-state index is 0.189. The summed E-state index contributed by atoms with van der Waals surface area (Å²) in [7, 11) is 1.91. The predicted molar refractivity (Wildman–Crippen MR) is 65.1 cm³/mol. The molecule has 2 aromatic rings. The molecule has 16 heavy (non-hydrogen) atoms. The zero-order valence-electron chi connectivity index (χ0n) is 9.03. The Labute approximate surface area is 98.2 Å². The first-order valence-electron chi connectivity index (χ1n) is 5.15. The highest BCUT2D eigenvalue weighted by Crippen LogP contribution is 2.28. The van der Waals surface area contributed by atoms with Crippen LogP contribution < -0.4 is 5.32 Å². The molecule has 0 radical (unpaired) electrons. The van der Waals surface area contributed by atoms with E-state index < -0.39 is 0 Å². The Kier molecular flexibility index (Phi) is 3.64. The van der Waals surface area contributed by atoms with E-state index in [1.165, 1.54) is 6.07 Å². The van der Waals surface area contributed by atoms with Gasteiger partial charge in [-0.1, -0.05) is 18.2 Å². The number of hydrogen-bond acceptors (Lipinski definition) is 3. The highest BCUT2D eigenvalue weighted by Gasteiger charge is 2.07. The van der Waals surface area contributed by atoms with Crippen molar-refractivity contribution in [3.8, 4) is 10.4 Å². The number of thiazole rings is 1. The molecule has 1 aromatic heterocycles. The molecule has 0 saturated heterocycles. The number of likely N-dealkylation sites (N-methyl/N-ethyl adjacent to an activating group) is 1. The van der Waals surface area contributed by atoms with E-state index in [9.17, 15) is 4.39 Å². The maximum Gasteiger partial charge on any atom is 0.131 e. The second kappa shape index (κ2) is 5.18. The van der Waals surface area contributed by atoms with Crippen LogP contribution in [0, 0.1) is 5.82 Å². The number of aromatic nitrogens is 1. The normalized spacial score (nSPS) is 10.6. The summed E-state index contributed by atoms with van der Waals surface area (Å²) >= 11 is 1.55. The van der Waals surface area contributed by atoms with Crippen LogP contribution in [-0.4, -0.2) is 18.6 Å². The van der Waals surface area contributed by atoms with Crippen LogP contribution in [0.15, 0.2) is 30.5 Å². The molecule has 0 spiro atoms. The summed E-state index contributed by atoms with van der Waals surface area (Å²) in [6, 6.07) is 6.79. The van der Waals surface area contributed by atoms with Crippen LogP contribution in [0.5, 0.6) is 0 Å². The first-order chi connectivity index (χ1) is 7.81. The average molecular weight is 236 g/mol. The lowest BCUT2D eigenvalue weighted by Crippen LogP contribution is -2.09. The lowest BCUT2D eigenvalue weighted by molar-refractivity contribution is 0.631. The van der Waals surface area contributed by atoms with Crippen molar-refractivity contribution in [1.82, 2.24) is 10.3 Å². The molecule has 0 aliphatic rings. The van der Waals surface area contributed by atoms with Gasteiger partial charge >= 0.3 is 0 Å². The fourth-order valence-corrected chi connectivity index (χ4v) is 2.39. The minimum atomic E-state index is -0.189. The smallest absolute Gasteiger partial charge is 0.131 e. The summed E-state index contributed by atoms with van der Waals surface area (Å²) in [6.07, 6.45) is 2.63. The van der Waals surface area contributed by atoms with Gasteiger partial charge in [-0.25, -0.2) is 9.37 Å². The average Bonchev–Trinajstić information content (AvgIpc) is 2.75. The third-order valence-corrected chi connectivity index (χ3v) is 3.37. The highest BCUT2D eigenvalue weighted by molar-refractivity contribution is 7.15. The second-order valence-electron chi connectivity index (χ2n) is 3.45. The third-order valence-electron chi connectivity index (χ3n) is 2.28. The predicted octanol–water partition coefficient (Wildman–Crippen LogP) is 2.71. The molecule has 0 aliphatic heterocycles. The van der Waals surface area contributed by atoms with Gasteiger partial charge in [0.05, 0.1) is 9.88 Å². The quantitative estimate of drug-likeness (QED) is 0.883. The Balaban J connectivity index is 2.22. The van der Waals surface area contributed by atoms with Crippen LogP contribution in [0.4, 0.5) is 4.39 Å². The van der Waals surface area contributed by atoms with Crippen molar-refractivity contribution in [1.29, 1.82) is 0 Å². The van der Waals surface area contributed by atoms with E-state index in [0.29, 0.717) is 5.56 Å². The molecule has 2 nitrogen and oxygen atoms in total. The van der Waals surface area contributed by atoms with E-state index in [-0.39, 0.29) is 5.82 Å². The first kappa shape index (κ1) is 11.2. The number of halogens is 1. The topological polar surface area (TPSA) is 24.9 Å². The lowest BCUT2D eigenvalue weighted by Gasteiger charge is -1.97. The van der Waals surface area contributed by atoms with Crippen molar-refractivity contribution in [3.05, 3.63) is 41.3 Å². The maximum atomic E-state index is 13.5. The zero-order chi connectivity index (χ0) is 11.4. The van der Waals surface area contributed by atoms with Gasteiger partial charge in [-0.3, -0.25) is 0 Å². The Hall–Kier alpha value is -1.26. The van der Waals surface area contributed by atoms with Crippen molar-refractivity contribution in [2.45, 2.75) is 6.42 Å². The van der Waals surface area contributed by atoms with Crippen molar-refractivity contribution in [2.24, 2.45) is 0 Å². The zero-order valence-corrected chi connectivity index (χ0v) is 9.85. The molecule has 2 rings (SSSR count). The summed E-state index contributed by atoms with van der Waals surface area (Å²) in [5, 5.41) is 4.10. The molecule has 0 unspecified atom stereocenters. The van der Waals surface area contributed by atoms with E-state index in [4.69, 9.17) is 0 Å². The molecule has 0 saturated carbocycles. The number of hydrogen-bond donors (Lipinski definition) is 1. The van der Waals surface area contributed by atoms with E-state index in [1.807, 2.05) is 13.1 Å². The summed E-state index contributed by atoms with van der Waals surface area (Å²) in [6.45, 7) is 0.893. The highest BCUT2D eigenvalue weighted by atomic mass is 32.1. The van der Waals surface area contributed by atoms with Crippen LogP contribution >= 0.6 is 11.3 Å². The second-order valence-corrected chi connectivity index (χ2v) is 4.57. The summed E-state index contributed by atoms with van der Waals surface area (Å²) in [4.78, 5) is 5.18. The van der Waals surface area contributed by atoms with E-state index in [2.05, 4.69) is 10.3 Å². The fourth-order valence-electron chi connectivity index (χ4n) is 1.44. The van der Waals surface area contributed by atoms with E-state index >= 15 is 0 Å². The minimum Gasteiger partial charge on any atom is -0.319 e. The molecule has 0 aliphatic carbocycles. The first-order valence-corrected chi connectivity index (χ1v) is 5.97. The molecule has 0 amide bonds. The van der Waals surface area contributed by atoms with Gasteiger partial charge in [-0.15, -0.1) is 11.3 Å². The van der Waals surface area contributed by atoms with Crippen molar-refractivity contribution < 1.29 is 4.39 Å². The molecule has 0 bridgehead atoms. The molecule has 84 valence electrons. The van der Waals surface area contributed by atoms with Gasteiger partial charge in [0, 0.05) is 24.7 Å². The fraction of sp³-hybridized carbons (Fsp3) is 0.250. The molecule has 0 atom stereocenters. The van der Waals surface area contributed by atoms with Crippen LogP contribution in [0.3, 0.4) is 0 Å². The van der Waals surface area contributed by atoms with Gasteiger partial charge in [0.25, 0.3) is 0 Å². The Morgan fingerprint density at radius 3 is 2.94 bits per heavy atom. The van der Waals surface area contributed by atoms with Crippen LogP contribution in [-0.2, 0) is 6.42 Å². The number of nitrogens with zero attached hydrogens (tertiary/aromatic N) is 1. The van der Waals surface area contributed by atoms with Gasteiger partial charge in [-0.05, 0) is 13.1 Å². The third kappa shape index (κ3) is 2.46. The largest absolute Gasteiger partial charge is 0.319 e. The SMILES string of the molecule is CNCCc1ncc(-c2ccccc2F)s1. The standard InChI is InChI=1S/C12H13FN2S/c1-14-7-6-12-15-8-11(16-12)9-4-2-3-5-10(9)13/h2-5,8,14H,6-7H2,1H3. The monoisotopic (exact) mass is 236 g/mol. The summed E-state index contributed by atoms with van der Waals surface area (Å²) in [5.74, 6) is -0.189. The van der Waals surface area contributed by atoms with Gasteiger partial charge in [0.1, 0.15) is 5.82 Å². The van der Waals surface area contributed by atoms with Crippen molar-refractivity contribution in [3.63, 3.8) is 0 Å². The van der Waals surface area contributed by atoms with Gasteiger partial charge in [-0.2, -0.15) is 0 Å². The summed E-state index contributed by atoms with van der Waals surface area (Å²) < 4.78 is 13.5. The van der Waals surface area contributed by atoms with Gasteiger partial charge in [0.15, 0.2) is 0 Å². The Bertz CT molecular complexity index is 468. The van der Waals surface area contributed by atoms with Crippen molar-refractivity contribution >= 4 is 11.3 Å². The summed E-state index contributed by atoms with van der Waals surface area (Å²) in [5.41, 5.74) is 0.635. The Morgan fingerprint density at radius 2 is 2.19 bits per heavy atom. The molecule has 1 heterocycles. The Morgan fingerprint density at radius 1 is 1.38 bits per heavy atom. The van der Waals surface area contributed by atoms with Crippen LogP contribution in [0.25, 0.3) is 10.4 Å². The number of rotatable bonds is 4. The maximum absolute atomic E-state index is 13.5. The molecular formula is C12H13FN2S. The number of benzene rings is 1. The molecular weight excluding hydrogens is 223 g/mol. The van der Waals surface area contributed by atoms with E-state index in [0.717, 1.165) is 22.9 Å². The van der Waals surface area contributed by atoms with E-state index in [1.54, 1.807) is 29.7 Å². The van der Waals surface area contributed by atoms with Gasteiger partial charge in [0.2, 0.25) is 0 Å². The number of nitrogens with one attached hydrogen (secondary N) is 1. The molecule has 1 aromatic carbocycles. The van der Waals surface area contributed by atoms with Crippen molar-refractivity contribution in [2.75, 3.05) is 13.6 Å². The molecule has 1 N–H and O–H groups in total. The van der Waals surface area contributed by atoms with Crippen LogP contribution in [0.2, 0.25) is 0 Å². The molecule has 0 fully saturated rings. The molecule has 4 heteroatoms. The van der Waals surface area contributed by atoms with Crippen LogP contribution in [0.1, 0.15) is 5.01 Å². The van der Waals surface area contributed by atoms with Gasteiger partial charge < -0.3 is 5.32 Å². The lowest BCUT2D eigenvalue weighted by atomic mass is 10.2.